The summed E-state index contributed by atoms with van der Waals surface area (Å²) in [6.45, 7) is 2.14. The van der Waals surface area contributed by atoms with Crippen molar-refractivity contribution in [1.82, 2.24) is 9.78 Å². The molecule has 0 fully saturated rings. The Bertz CT molecular complexity index is 981. The van der Waals surface area contributed by atoms with Crippen molar-refractivity contribution < 1.29 is 9.18 Å². The van der Waals surface area contributed by atoms with Gasteiger partial charge >= 0.3 is 0 Å². The fraction of sp³-hybridized carbons (Fsp3) is 0.150. The topological polar surface area (TPSA) is 64.0 Å². The van der Waals surface area contributed by atoms with Gasteiger partial charge in [-0.2, -0.15) is 5.10 Å². The van der Waals surface area contributed by atoms with Crippen molar-refractivity contribution in [3.8, 4) is 0 Å². The van der Waals surface area contributed by atoms with Crippen LogP contribution in [0.2, 0.25) is 0 Å². The maximum absolute atomic E-state index is 13.3. The molecule has 0 radical (unpaired) electrons. The molecule has 1 aromatic heterocycles. The van der Waals surface area contributed by atoms with Crippen molar-refractivity contribution in [3.63, 3.8) is 0 Å². The van der Waals surface area contributed by atoms with Gasteiger partial charge in [0.15, 0.2) is 0 Å². The quantitative estimate of drug-likeness (QED) is 0.767. The van der Waals surface area contributed by atoms with Crippen molar-refractivity contribution in [2.24, 2.45) is 0 Å². The maximum Gasteiger partial charge on any atom is 0.276 e. The van der Waals surface area contributed by atoms with Crippen LogP contribution in [0.3, 0.4) is 0 Å². The molecule has 0 spiro atoms. The zero-order valence-electron chi connectivity index (χ0n) is 14.3. The molecular formula is C20H18FN3O2. The van der Waals surface area contributed by atoms with Crippen LogP contribution in [0, 0.1) is 5.82 Å². The summed E-state index contributed by atoms with van der Waals surface area (Å²) in [7, 11) is 0. The largest absolute Gasteiger partial charge is 0.321 e. The first kappa shape index (κ1) is 17.5. The number of carbonyl (C=O) groups is 1. The number of rotatable bonds is 5. The van der Waals surface area contributed by atoms with Gasteiger partial charge in [0.1, 0.15) is 11.5 Å². The molecule has 1 amide bonds. The van der Waals surface area contributed by atoms with E-state index in [4.69, 9.17) is 0 Å². The Labute approximate surface area is 150 Å². The molecule has 26 heavy (non-hydrogen) atoms. The van der Waals surface area contributed by atoms with E-state index in [9.17, 15) is 14.0 Å². The number of halogens is 1. The van der Waals surface area contributed by atoms with E-state index in [1.54, 1.807) is 12.1 Å². The van der Waals surface area contributed by atoms with E-state index in [0.29, 0.717) is 11.3 Å². The lowest BCUT2D eigenvalue weighted by Gasteiger charge is -2.08. The number of benzene rings is 2. The molecule has 3 aromatic rings. The van der Waals surface area contributed by atoms with Crippen LogP contribution in [0.15, 0.2) is 65.5 Å². The van der Waals surface area contributed by atoms with Crippen molar-refractivity contribution in [1.29, 1.82) is 0 Å². The van der Waals surface area contributed by atoms with E-state index >= 15 is 0 Å². The molecule has 1 heterocycles. The number of carbonyl (C=O) groups excluding carboxylic acids is 1. The van der Waals surface area contributed by atoms with Gasteiger partial charge in [0.05, 0.1) is 6.54 Å². The Morgan fingerprint density at radius 1 is 1.08 bits per heavy atom. The molecule has 0 saturated carbocycles. The van der Waals surface area contributed by atoms with Gasteiger partial charge in [-0.25, -0.2) is 9.07 Å². The minimum absolute atomic E-state index is 0.0862. The molecule has 0 atom stereocenters. The monoisotopic (exact) mass is 351 g/mol. The lowest BCUT2D eigenvalue weighted by Crippen LogP contribution is -2.26. The Hall–Kier alpha value is -3.28. The standard InChI is InChI=1S/C20H18FN3O2/c1-2-14-6-8-17(9-7-14)22-20(26)18-10-11-19(25)24(23-18)13-15-4-3-5-16(21)12-15/h3-12H,2,13H2,1H3,(H,22,26). The van der Waals surface area contributed by atoms with Crippen molar-refractivity contribution in [2.45, 2.75) is 19.9 Å². The van der Waals surface area contributed by atoms with Crippen LogP contribution in [0.5, 0.6) is 0 Å². The summed E-state index contributed by atoms with van der Waals surface area (Å²) in [5.74, 6) is -0.804. The second-order valence-electron chi connectivity index (χ2n) is 5.85. The van der Waals surface area contributed by atoms with E-state index < -0.39 is 5.91 Å². The zero-order valence-corrected chi connectivity index (χ0v) is 14.3. The molecule has 0 unspecified atom stereocenters. The van der Waals surface area contributed by atoms with Gasteiger partial charge in [0.25, 0.3) is 11.5 Å². The van der Waals surface area contributed by atoms with Gasteiger partial charge in [-0.3, -0.25) is 9.59 Å². The second kappa shape index (κ2) is 7.74. The summed E-state index contributed by atoms with van der Waals surface area (Å²) < 4.78 is 14.4. The second-order valence-corrected chi connectivity index (χ2v) is 5.85. The molecular weight excluding hydrogens is 333 g/mol. The molecule has 1 N–H and O–H groups in total. The van der Waals surface area contributed by atoms with Gasteiger partial charge < -0.3 is 5.32 Å². The van der Waals surface area contributed by atoms with E-state index in [-0.39, 0.29) is 23.6 Å². The fourth-order valence-corrected chi connectivity index (χ4v) is 2.51. The smallest absolute Gasteiger partial charge is 0.276 e. The van der Waals surface area contributed by atoms with Crippen LogP contribution in [-0.2, 0) is 13.0 Å². The Morgan fingerprint density at radius 2 is 1.85 bits per heavy atom. The van der Waals surface area contributed by atoms with Crippen LogP contribution in [0.1, 0.15) is 28.5 Å². The number of anilines is 1. The predicted molar refractivity (Wildman–Crippen MR) is 97.8 cm³/mol. The molecule has 0 aliphatic rings. The third-order valence-corrected chi connectivity index (χ3v) is 3.94. The van der Waals surface area contributed by atoms with E-state index in [1.807, 2.05) is 24.3 Å². The van der Waals surface area contributed by atoms with Gasteiger partial charge in [-0.05, 0) is 47.9 Å². The maximum atomic E-state index is 13.3. The molecule has 132 valence electrons. The van der Waals surface area contributed by atoms with E-state index in [1.165, 1.54) is 29.8 Å². The van der Waals surface area contributed by atoms with Gasteiger partial charge in [0, 0.05) is 11.8 Å². The Balaban J connectivity index is 1.79. The van der Waals surface area contributed by atoms with Crippen LogP contribution >= 0.6 is 0 Å². The number of nitrogens with one attached hydrogen (secondary N) is 1. The summed E-state index contributed by atoms with van der Waals surface area (Å²) in [6.07, 6.45) is 0.917. The molecule has 0 aliphatic carbocycles. The molecule has 5 nitrogen and oxygen atoms in total. The molecule has 2 aromatic carbocycles. The highest BCUT2D eigenvalue weighted by atomic mass is 19.1. The van der Waals surface area contributed by atoms with Crippen molar-refractivity contribution >= 4 is 11.6 Å². The minimum Gasteiger partial charge on any atom is -0.321 e. The first-order valence-corrected chi connectivity index (χ1v) is 8.28. The Morgan fingerprint density at radius 3 is 2.54 bits per heavy atom. The number of hydrogen-bond acceptors (Lipinski definition) is 3. The third kappa shape index (κ3) is 4.22. The summed E-state index contributed by atoms with van der Waals surface area (Å²) >= 11 is 0. The zero-order chi connectivity index (χ0) is 18.5. The van der Waals surface area contributed by atoms with Crippen LogP contribution < -0.4 is 10.9 Å². The first-order valence-electron chi connectivity index (χ1n) is 8.28. The molecule has 0 bridgehead atoms. The molecule has 6 heteroatoms. The van der Waals surface area contributed by atoms with Crippen molar-refractivity contribution in [3.05, 3.63) is 93.7 Å². The highest BCUT2D eigenvalue weighted by Gasteiger charge is 2.10. The average Bonchev–Trinajstić information content (AvgIpc) is 2.64. The number of amides is 1. The normalized spacial score (nSPS) is 10.5. The first-order chi connectivity index (χ1) is 12.5. The summed E-state index contributed by atoms with van der Waals surface area (Å²) in [5, 5.41) is 6.85. The average molecular weight is 351 g/mol. The summed E-state index contributed by atoms with van der Waals surface area (Å²) in [4.78, 5) is 24.4. The number of hydrogen-bond donors (Lipinski definition) is 1. The Kier molecular flexibility index (Phi) is 5.22. The highest BCUT2D eigenvalue weighted by Crippen LogP contribution is 2.11. The SMILES string of the molecule is CCc1ccc(NC(=O)c2ccc(=O)n(Cc3cccc(F)c3)n2)cc1. The molecule has 3 rings (SSSR count). The molecule has 0 aliphatic heterocycles. The van der Waals surface area contributed by atoms with E-state index in [2.05, 4.69) is 17.3 Å². The summed E-state index contributed by atoms with van der Waals surface area (Å²) in [6, 6.07) is 16.1. The number of nitrogens with zero attached hydrogens (tertiary/aromatic N) is 2. The lowest BCUT2D eigenvalue weighted by molar-refractivity contribution is 0.102. The molecule has 0 saturated heterocycles. The van der Waals surface area contributed by atoms with Gasteiger partial charge in [-0.1, -0.05) is 31.2 Å². The number of aryl methyl sites for hydroxylation is 1. The van der Waals surface area contributed by atoms with Gasteiger partial charge in [-0.15, -0.1) is 0 Å². The minimum atomic E-state index is -0.415. The van der Waals surface area contributed by atoms with Crippen molar-refractivity contribution in [2.75, 3.05) is 5.32 Å². The van der Waals surface area contributed by atoms with Crippen LogP contribution in [0.25, 0.3) is 0 Å². The van der Waals surface area contributed by atoms with Crippen LogP contribution in [0.4, 0.5) is 10.1 Å². The fourth-order valence-electron chi connectivity index (χ4n) is 2.51. The predicted octanol–water partition coefficient (Wildman–Crippen LogP) is 3.25. The summed E-state index contributed by atoms with van der Waals surface area (Å²) in [5.41, 5.74) is 2.16. The van der Waals surface area contributed by atoms with Crippen LogP contribution in [-0.4, -0.2) is 15.7 Å². The highest BCUT2D eigenvalue weighted by molar-refractivity contribution is 6.02. The van der Waals surface area contributed by atoms with E-state index in [0.717, 1.165) is 11.1 Å². The van der Waals surface area contributed by atoms with Gasteiger partial charge in [0.2, 0.25) is 0 Å². The number of aromatic nitrogens is 2. The lowest BCUT2D eigenvalue weighted by atomic mass is 10.1. The third-order valence-electron chi connectivity index (χ3n) is 3.94.